The minimum Gasteiger partial charge on any atom is -0.352 e. The molecule has 0 aromatic carbocycles. The van der Waals surface area contributed by atoms with E-state index in [0.29, 0.717) is 5.17 Å². The summed E-state index contributed by atoms with van der Waals surface area (Å²) in [5, 5.41) is 7.49. The summed E-state index contributed by atoms with van der Waals surface area (Å²) in [6.45, 7) is 4.51. The molecular weight excluding hydrogens is 340 g/mol. The fourth-order valence-corrected chi connectivity index (χ4v) is 4.03. The molecule has 1 aliphatic heterocycles. The van der Waals surface area contributed by atoms with Crippen molar-refractivity contribution in [2.24, 2.45) is 16.9 Å². The van der Waals surface area contributed by atoms with E-state index in [0.717, 1.165) is 44.4 Å². The van der Waals surface area contributed by atoms with E-state index in [1.165, 1.54) is 11.8 Å². The highest BCUT2D eigenvalue weighted by Crippen LogP contribution is 2.24. The molecule has 0 aromatic rings. The minimum atomic E-state index is -0.816. The summed E-state index contributed by atoms with van der Waals surface area (Å²) in [5.41, 5.74) is 2.33. The first-order valence-corrected chi connectivity index (χ1v) is 9.95. The molecule has 1 atom stereocenters. The third-order valence-corrected chi connectivity index (χ3v) is 5.73. The van der Waals surface area contributed by atoms with E-state index in [1.54, 1.807) is 0 Å². The molecule has 7 nitrogen and oxygen atoms in total. The summed E-state index contributed by atoms with van der Waals surface area (Å²) >= 11 is 1.53. The maximum absolute atomic E-state index is 12.5. The predicted molar refractivity (Wildman–Crippen MR) is 99.0 cm³/mol. The Morgan fingerprint density at radius 2 is 1.88 bits per heavy atom. The zero-order chi connectivity index (χ0) is 18.4. The van der Waals surface area contributed by atoms with Gasteiger partial charge >= 0.3 is 5.91 Å². The highest BCUT2D eigenvalue weighted by atomic mass is 32.2. The van der Waals surface area contributed by atoms with Gasteiger partial charge in [-0.1, -0.05) is 44.9 Å². The van der Waals surface area contributed by atoms with E-state index in [4.69, 9.17) is 0 Å². The molecule has 0 unspecified atom stereocenters. The smallest absolute Gasteiger partial charge is 0.309 e. The predicted octanol–water partition coefficient (Wildman–Crippen LogP) is 1.34. The lowest BCUT2D eigenvalue weighted by Crippen LogP contribution is -2.51. The molecule has 0 aromatic heterocycles. The van der Waals surface area contributed by atoms with E-state index in [2.05, 4.69) is 15.8 Å². The van der Waals surface area contributed by atoms with Crippen LogP contribution in [0.15, 0.2) is 5.10 Å². The number of hydrogen-bond acceptors (Lipinski definition) is 5. The Morgan fingerprint density at radius 1 is 1.20 bits per heavy atom. The van der Waals surface area contributed by atoms with Gasteiger partial charge in [0.05, 0.1) is 6.04 Å². The number of amides is 2. The van der Waals surface area contributed by atoms with Crippen LogP contribution in [0.5, 0.6) is 0 Å². The number of ketones is 1. The van der Waals surface area contributed by atoms with E-state index in [1.807, 2.05) is 25.8 Å². The van der Waals surface area contributed by atoms with Crippen LogP contribution in [0.3, 0.4) is 0 Å². The van der Waals surface area contributed by atoms with Gasteiger partial charge in [-0.25, -0.2) is 5.43 Å². The molecule has 2 aliphatic rings. The van der Waals surface area contributed by atoms with Crippen molar-refractivity contribution in [2.75, 3.05) is 19.3 Å². The van der Waals surface area contributed by atoms with Crippen LogP contribution < -0.4 is 10.7 Å². The second-order valence-corrected chi connectivity index (χ2v) is 8.10. The molecule has 2 amide bonds. The van der Waals surface area contributed by atoms with Gasteiger partial charge < -0.3 is 10.2 Å². The molecule has 8 heteroatoms. The monoisotopic (exact) mass is 368 g/mol. The summed E-state index contributed by atoms with van der Waals surface area (Å²) in [5.74, 6) is -0.843. The van der Waals surface area contributed by atoms with Gasteiger partial charge in [-0.05, 0) is 18.8 Å². The molecule has 0 spiro atoms. The van der Waals surface area contributed by atoms with Crippen molar-refractivity contribution in [3.05, 3.63) is 0 Å². The van der Waals surface area contributed by atoms with Crippen molar-refractivity contribution in [1.29, 1.82) is 0 Å². The van der Waals surface area contributed by atoms with Gasteiger partial charge in [-0.3, -0.25) is 14.4 Å². The van der Waals surface area contributed by atoms with Gasteiger partial charge in [-0.15, -0.1) is 5.10 Å². The quantitative estimate of drug-likeness (QED) is 0.545. The summed E-state index contributed by atoms with van der Waals surface area (Å²) in [6, 6.07) is -0.816. The van der Waals surface area contributed by atoms with Gasteiger partial charge in [0.1, 0.15) is 0 Å². The van der Waals surface area contributed by atoms with Gasteiger partial charge in [0.2, 0.25) is 11.7 Å². The molecule has 2 rings (SSSR count). The standard InChI is InChI=1S/C17H28N4O3S/c1-11(2)13(18-15(23)12-7-5-4-6-8-12)14(22)16(24)19-20-17-21(3)9-10-25-17/h11-13H,4-10H2,1-3H3,(H,18,23)(H,19,24)/b20-17-/t13-/m1/s1. The van der Waals surface area contributed by atoms with Crippen LogP contribution in [-0.4, -0.2) is 53.1 Å². The van der Waals surface area contributed by atoms with Crippen LogP contribution in [0.1, 0.15) is 46.0 Å². The van der Waals surface area contributed by atoms with Crippen LogP contribution in [-0.2, 0) is 14.4 Å². The van der Waals surface area contributed by atoms with E-state index < -0.39 is 17.7 Å². The fourth-order valence-electron chi connectivity index (χ4n) is 3.06. The maximum atomic E-state index is 12.5. The zero-order valence-electron chi connectivity index (χ0n) is 15.2. The normalized spacial score (nSPS) is 21.4. The van der Waals surface area contributed by atoms with Crippen LogP contribution in [0.25, 0.3) is 0 Å². The first kappa shape index (κ1) is 19.8. The first-order chi connectivity index (χ1) is 11.9. The Bertz CT molecular complexity index is 544. The molecular formula is C17H28N4O3S. The number of thioether (sulfide) groups is 1. The van der Waals surface area contributed by atoms with Gasteiger partial charge in [0.15, 0.2) is 5.17 Å². The first-order valence-electron chi connectivity index (χ1n) is 8.96. The molecule has 1 saturated carbocycles. The molecule has 2 N–H and O–H groups in total. The molecule has 1 aliphatic carbocycles. The molecule has 1 saturated heterocycles. The molecule has 0 radical (unpaired) electrons. The number of hydrogen-bond donors (Lipinski definition) is 2. The number of nitrogens with zero attached hydrogens (tertiary/aromatic N) is 2. The van der Waals surface area contributed by atoms with Crippen molar-refractivity contribution in [2.45, 2.75) is 52.0 Å². The topological polar surface area (TPSA) is 90.9 Å². The molecule has 140 valence electrons. The second kappa shape index (κ2) is 9.22. The number of hydrazone groups is 1. The van der Waals surface area contributed by atoms with Crippen LogP contribution in [0, 0.1) is 11.8 Å². The Hall–Kier alpha value is -1.57. The maximum Gasteiger partial charge on any atom is 0.309 e. The SMILES string of the molecule is CC(C)[C@@H](NC(=O)C1CCCCC1)C(=O)C(=O)N/N=C1\SCCN1C. The summed E-state index contributed by atoms with van der Waals surface area (Å²) < 4.78 is 0. The van der Waals surface area contributed by atoms with Gasteiger partial charge in [0, 0.05) is 25.3 Å². The van der Waals surface area contributed by atoms with Gasteiger partial charge in [-0.2, -0.15) is 0 Å². The highest BCUT2D eigenvalue weighted by Gasteiger charge is 2.32. The molecule has 2 fully saturated rings. The lowest BCUT2D eigenvalue weighted by atomic mass is 9.88. The lowest BCUT2D eigenvalue weighted by Gasteiger charge is -2.25. The van der Waals surface area contributed by atoms with Crippen molar-refractivity contribution >= 4 is 34.5 Å². The third-order valence-electron chi connectivity index (χ3n) is 4.68. The van der Waals surface area contributed by atoms with E-state index >= 15 is 0 Å². The summed E-state index contributed by atoms with van der Waals surface area (Å²) in [6.07, 6.45) is 4.96. The Kier molecular flexibility index (Phi) is 7.28. The Labute approximate surface area is 153 Å². The van der Waals surface area contributed by atoms with Crippen LogP contribution in [0.4, 0.5) is 0 Å². The van der Waals surface area contributed by atoms with Crippen molar-refractivity contribution < 1.29 is 14.4 Å². The van der Waals surface area contributed by atoms with E-state index in [-0.39, 0.29) is 17.7 Å². The fraction of sp³-hybridized carbons (Fsp3) is 0.765. The summed E-state index contributed by atoms with van der Waals surface area (Å²) in [4.78, 5) is 39.0. The Balaban J connectivity index is 1.94. The highest BCUT2D eigenvalue weighted by molar-refractivity contribution is 8.14. The minimum absolute atomic E-state index is 0.0466. The van der Waals surface area contributed by atoms with Crippen LogP contribution >= 0.6 is 11.8 Å². The lowest BCUT2D eigenvalue weighted by molar-refractivity contribution is -0.141. The van der Waals surface area contributed by atoms with E-state index in [9.17, 15) is 14.4 Å². The average molecular weight is 369 g/mol. The number of carbonyl (C=O) groups is 3. The van der Waals surface area contributed by atoms with Crippen molar-refractivity contribution in [1.82, 2.24) is 15.6 Å². The summed E-state index contributed by atoms with van der Waals surface area (Å²) in [7, 11) is 1.88. The molecule has 0 bridgehead atoms. The van der Waals surface area contributed by atoms with Crippen molar-refractivity contribution in [3.8, 4) is 0 Å². The largest absolute Gasteiger partial charge is 0.352 e. The zero-order valence-corrected chi connectivity index (χ0v) is 16.0. The molecule has 25 heavy (non-hydrogen) atoms. The number of rotatable bonds is 6. The number of amidine groups is 1. The number of carbonyl (C=O) groups excluding carboxylic acids is 3. The third kappa shape index (κ3) is 5.45. The second-order valence-electron chi connectivity index (χ2n) is 7.03. The number of nitrogens with one attached hydrogen (secondary N) is 2. The average Bonchev–Trinajstić information content (AvgIpc) is 3.02. The van der Waals surface area contributed by atoms with Gasteiger partial charge in [0.25, 0.3) is 0 Å². The number of Topliss-reactive ketones (excluding diaryl/α,β-unsaturated/α-hetero) is 1. The van der Waals surface area contributed by atoms with Crippen LogP contribution in [0.2, 0.25) is 0 Å². The molecule has 1 heterocycles. The Morgan fingerprint density at radius 3 is 2.44 bits per heavy atom. The van der Waals surface area contributed by atoms with Crippen molar-refractivity contribution in [3.63, 3.8) is 0 Å².